The molecule has 11 rings (SSSR count). The molecule has 378 valence electrons. The summed E-state index contributed by atoms with van der Waals surface area (Å²) in [5.74, 6) is 3.20. The summed E-state index contributed by atoms with van der Waals surface area (Å²) in [5.41, 5.74) is 14.7. The lowest BCUT2D eigenvalue weighted by molar-refractivity contribution is 0.112. The average molecular weight is 1040 g/mol. The number of anilines is 9. The maximum atomic E-state index is 11.4. The molecule has 11 aromatic rings. The molecule has 0 radical (unpaired) electrons. The largest absolute Gasteiger partial charge is 0.497 e. The molecule has 8 nitrogen and oxygen atoms in total. The molecule has 0 atom stereocenters. The van der Waals surface area contributed by atoms with E-state index >= 15 is 0 Å². The van der Waals surface area contributed by atoms with Crippen LogP contribution in [-0.2, 0) is 0 Å². The number of methoxy groups -OCH3 is 4. The summed E-state index contributed by atoms with van der Waals surface area (Å²) in [4.78, 5) is 22.3. The van der Waals surface area contributed by atoms with Crippen LogP contribution in [0.1, 0.15) is 9.67 Å². The van der Waals surface area contributed by atoms with Crippen molar-refractivity contribution in [2.75, 3.05) is 43.1 Å². The lowest BCUT2D eigenvalue weighted by Gasteiger charge is -2.27. The summed E-state index contributed by atoms with van der Waals surface area (Å²) in [6.07, 6.45) is 0.912. The van der Waals surface area contributed by atoms with E-state index in [9.17, 15) is 4.79 Å². The Morgan fingerprint density at radius 3 is 0.727 bits per heavy atom. The van der Waals surface area contributed by atoms with E-state index in [2.05, 4.69) is 197 Å². The van der Waals surface area contributed by atoms with Gasteiger partial charge < -0.3 is 33.6 Å². The molecule has 2 heterocycles. The Bertz CT molecular complexity index is 3430. The second-order valence-corrected chi connectivity index (χ2v) is 20.2. The zero-order valence-electron chi connectivity index (χ0n) is 42.9. The fraction of sp³-hybridized carbons (Fsp3) is 0.0597. The molecule has 9 aromatic carbocycles. The van der Waals surface area contributed by atoms with Gasteiger partial charge in [-0.2, -0.15) is 0 Å². The van der Waals surface area contributed by atoms with Crippen LogP contribution in [0.2, 0.25) is 0 Å². The van der Waals surface area contributed by atoms with E-state index in [-0.39, 0.29) is 0 Å². The van der Waals surface area contributed by atoms with Gasteiger partial charge in [0.1, 0.15) is 23.0 Å². The Kier molecular flexibility index (Phi) is 14.7. The van der Waals surface area contributed by atoms with E-state index in [1.807, 2.05) is 60.7 Å². The van der Waals surface area contributed by atoms with Crippen LogP contribution in [0.3, 0.4) is 0 Å². The summed E-state index contributed by atoms with van der Waals surface area (Å²) in [6.45, 7) is 0. The maximum absolute atomic E-state index is 11.4. The second kappa shape index (κ2) is 22.6. The van der Waals surface area contributed by atoms with Gasteiger partial charge in [0, 0.05) is 65.8 Å². The van der Waals surface area contributed by atoms with E-state index in [1.54, 1.807) is 39.8 Å². The Hall–Kier alpha value is -9.35. The number of carbonyl (C=O) groups excluding carboxylic acids is 1. The fourth-order valence-corrected chi connectivity index (χ4v) is 11.4. The Morgan fingerprint density at radius 1 is 0.260 bits per heavy atom. The van der Waals surface area contributed by atoms with Crippen molar-refractivity contribution < 1.29 is 23.7 Å². The first-order valence-corrected chi connectivity index (χ1v) is 26.6. The highest BCUT2D eigenvalue weighted by molar-refractivity contribution is 7.24. The topological polar surface area (TPSA) is 63.7 Å². The van der Waals surface area contributed by atoms with Crippen molar-refractivity contribution in [2.45, 2.75) is 0 Å². The standard InChI is InChI=1S/C67H53N3O5S2/c1-72-60-33-25-56(26-34-60)69(57-27-35-61(73-2)36-28-57)53-19-9-48(10-20-53)46-5-15-51(16-6-46)68(55-23-13-50(14-24-55)65-43-44-67(77-65)66-42-41-64(45-71)76-66)52-17-7-47(8-18-52)49-11-21-54(22-12-49)70(58-29-37-62(74-3)38-30-58)59-31-39-63(75-4)40-32-59/h5-45H,1-4H3. The van der Waals surface area contributed by atoms with Gasteiger partial charge in [0.2, 0.25) is 0 Å². The summed E-state index contributed by atoms with van der Waals surface area (Å²) < 4.78 is 21.9. The second-order valence-electron chi connectivity index (χ2n) is 18.0. The minimum absolute atomic E-state index is 0.729. The molecule has 0 fully saturated rings. The van der Waals surface area contributed by atoms with Gasteiger partial charge in [0.25, 0.3) is 0 Å². The van der Waals surface area contributed by atoms with Crippen molar-refractivity contribution in [1.82, 2.24) is 0 Å². The molecule has 0 bridgehead atoms. The molecule has 0 aliphatic carbocycles. The van der Waals surface area contributed by atoms with E-state index < -0.39 is 0 Å². The smallest absolute Gasteiger partial charge is 0.160 e. The molecule has 0 saturated carbocycles. The number of benzene rings is 9. The van der Waals surface area contributed by atoms with Crippen molar-refractivity contribution in [3.8, 4) is 65.4 Å². The van der Waals surface area contributed by atoms with Crippen LogP contribution >= 0.6 is 22.7 Å². The van der Waals surface area contributed by atoms with Gasteiger partial charge in [-0.05, 0) is 210 Å². The molecule has 0 spiro atoms. The molecule has 0 unspecified atom stereocenters. The zero-order chi connectivity index (χ0) is 52.7. The van der Waals surface area contributed by atoms with Crippen LogP contribution in [0.4, 0.5) is 51.2 Å². The minimum Gasteiger partial charge on any atom is -0.497 e. The van der Waals surface area contributed by atoms with Gasteiger partial charge in [-0.25, -0.2) is 0 Å². The monoisotopic (exact) mass is 1040 g/mol. The Labute approximate surface area is 457 Å². The molecular formula is C67H53N3O5S2. The van der Waals surface area contributed by atoms with Crippen LogP contribution in [0.5, 0.6) is 23.0 Å². The lowest BCUT2D eigenvalue weighted by atomic mass is 10.0. The predicted octanol–water partition coefficient (Wildman–Crippen LogP) is 18.7. The molecule has 0 aliphatic heterocycles. The molecule has 10 heteroatoms. The highest BCUT2D eigenvalue weighted by Gasteiger charge is 2.18. The summed E-state index contributed by atoms with van der Waals surface area (Å²) in [5, 5.41) is 0. The molecule has 2 aromatic heterocycles. The first-order valence-electron chi connectivity index (χ1n) is 25.0. The highest BCUT2D eigenvalue weighted by Crippen LogP contribution is 2.43. The van der Waals surface area contributed by atoms with Gasteiger partial charge in [-0.3, -0.25) is 4.79 Å². The van der Waals surface area contributed by atoms with Gasteiger partial charge in [-0.15, -0.1) is 22.7 Å². The van der Waals surface area contributed by atoms with Crippen LogP contribution in [-0.4, -0.2) is 34.7 Å². The molecule has 0 saturated heterocycles. The molecular weight excluding hydrogens is 991 g/mol. The average Bonchev–Trinajstić information content (AvgIpc) is 4.21. The number of ether oxygens (including phenoxy) is 4. The first kappa shape index (κ1) is 49.8. The third-order valence-electron chi connectivity index (χ3n) is 13.5. The van der Waals surface area contributed by atoms with E-state index in [0.29, 0.717) is 0 Å². The van der Waals surface area contributed by atoms with Crippen LogP contribution in [0, 0.1) is 0 Å². The van der Waals surface area contributed by atoms with Gasteiger partial charge in [-0.1, -0.05) is 60.7 Å². The van der Waals surface area contributed by atoms with Crippen molar-refractivity contribution in [1.29, 1.82) is 0 Å². The number of aldehydes is 1. The summed E-state index contributed by atoms with van der Waals surface area (Å²) in [6, 6.07) is 84.3. The molecule has 0 N–H and O–H groups in total. The SMILES string of the molecule is COc1ccc(N(c2ccc(OC)cc2)c2ccc(-c3ccc(N(c4ccc(-c5ccc(N(c6ccc(OC)cc6)c6ccc(OC)cc6)cc5)cc4)c4ccc(-c5ccc(-c6ccc(C=O)s6)s5)cc4)cc3)cc2)cc1. The van der Waals surface area contributed by atoms with E-state index in [0.717, 1.165) is 128 Å². The number of rotatable bonds is 18. The molecule has 77 heavy (non-hydrogen) atoms. The Morgan fingerprint density at radius 2 is 0.481 bits per heavy atom. The van der Waals surface area contributed by atoms with Crippen LogP contribution in [0.25, 0.3) is 42.4 Å². The predicted molar refractivity (Wildman–Crippen MR) is 320 cm³/mol. The third kappa shape index (κ3) is 10.8. The third-order valence-corrected chi connectivity index (χ3v) is 15.8. The van der Waals surface area contributed by atoms with Crippen molar-refractivity contribution in [3.63, 3.8) is 0 Å². The number of hydrogen-bond acceptors (Lipinski definition) is 10. The van der Waals surface area contributed by atoms with Crippen molar-refractivity contribution in [3.05, 3.63) is 248 Å². The number of nitrogens with zero attached hydrogens (tertiary/aromatic N) is 3. The number of carbonyl (C=O) groups is 1. The van der Waals surface area contributed by atoms with Crippen LogP contribution < -0.4 is 33.6 Å². The lowest BCUT2D eigenvalue weighted by Crippen LogP contribution is -2.10. The fourth-order valence-electron chi connectivity index (χ4n) is 9.43. The van der Waals surface area contributed by atoms with Gasteiger partial charge >= 0.3 is 0 Å². The maximum Gasteiger partial charge on any atom is 0.160 e. The van der Waals surface area contributed by atoms with Gasteiger partial charge in [0.05, 0.1) is 33.3 Å². The van der Waals surface area contributed by atoms with Gasteiger partial charge in [0.15, 0.2) is 6.29 Å². The zero-order valence-corrected chi connectivity index (χ0v) is 44.5. The normalized spacial score (nSPS) is 10.9. The molecule has 0 aliphatic rings. The van der Waals surface area contributed by atoms with Crippen LogP contribution in [0.15, 0.2) is 243 Å². The summed E-state index contributed by atoms with van der Waals surface area (Å²) in [7, 11) is 6.72. The Balaban J connectivity index is 0.894. The number of thiophene rings is 2. The van der Waals surface area contributed by atoms with E-state index in [4.69, 9.17) is 18.9 Å². The summed E-state index contributed by atoms with van der Waals surface area (Å²) >= 11 is 3.25. The van der Waals surface area contributed by atoms with Crippen molar-refractivity contribution in [2.24, 2.45) is 0 Å². The van der Waals surface area contributed by atoms with Crippen molar-refractivity contribution >= 4 is 80.1 Å². The van der Waals surface area contributed by atoms with E-state index in [1.165, 1.54) is 11.3 Å². The first-order chi connectivity index (χ1) is 37.9. The highest BCUT2D eigenvalue weighted by atomic mass is 32.1. The quantitative estimate of drug-likeness (QED) is 0.0788. The number of hydrogen-bond donors (Lipinski definition) is 0. The molecule has 0 amide bonds. The minimum atomic E-state index is 0.729.